The molecule has 0 radical (unpaired) electrons. The molecular weight excluding hydrogens is 498 g/mol. The van der Waals surface area contributed by atoms with Crippen molar-refractivity contribution in [2.24, 2.45) is 0 Å². The van der Waals surface area contributed by atoms with Crippen molar-refractivity contribution in [3.05, 3.63) is 65.3 Å². The number of rotatable bonds is 6. The Morgan fingerprint density at radius 1 is 1.16 bits per heavy atom. The Bertz CT molecular complexity index is 1480. The van der Waals surface area contributed by atoms with Crippen molar-refractivity contribution in [3.8, 4) is 17.3 Å². The summed E-state index contributed by atoms with van der Waals surface area (Å²) in [6, 6.07) is 7.11. The van der Waals surface area contributed by atoms with Crippen molar-refractivity contribution in [2.75, 3.05) is 26.2 Å². The molecule has 2 aliphatic rings. The second-order valence-corrected chi connectivity index (χ2v) is 10.3. The average molecular weight is 523 g/mol. The van der Waals surface area contributed by atoms with Crippen LogP contribution in [0.4, 0.5) is 8.78 Å². The SMILES string of the molecule is N#CCC1(n2cc(-c3ncnc4[nH]ccc34)cn2)CN(C2CCN(Cc3c(F)ccc(Cl)c3F)CC2)C1. The molecule has 0 bridgehead atoms. The highest BCUT2D eigenvalue weighted by Crippen LogP contribution is 2.37. The van der Waals surface area contributed by atoms with E-state index in [4.69, 9.17) is 11.6 Å². The first-order valence-electron chi connectivity index (χ1n) is 12.3. The summed E-state index contributed by atoms with van der Waals surface area (Å²) in [5.41, 5.74) is 2.10. The normalized spacial score (nSPS) is 18.6. The highest BCUT2D eigenvalue weighted by molar-refractivity contribution is 6.30. The summed E-state index contributed by atoms with van der Waals surface area (Å²) in [7, 11) is 0. The molecule has 37 heavy (non-hydrogen) atoms. The molecule has 8 nitrogen and oxygen atoms in total. The molecular formula is C26H25ClF2N8. The quantitative estimate of drug-likeness (QED) is 0.379. The first-order chi connectivity index (χ1) is 18.0. The number of nitriles is 1. The number of aromatic amines is 1. The third kappa shape index (κ3) is 4.27. The lowest BCUT2D eigenvalue weighted by atomic mass is 9.83. The van der Waals surface area contributed by atoms with Gasteiger partial charge >= 0.3 is 0 Å². The molecule has 1 aromatic carbocycles. The molecule has 0 spiro atoms. The van der Waals surface area contributed by atoms with Crippen LogP contribution in [-0.2, 0) is 12.1 Å². The maximum atomic E-state index is 14.3. The number of nitrogens with one attached hydrogen (secondary N) is 1. The van der Waals surface area contributed by atoms with E-state index >= 15 is 0 Å². The van der Waals surface area contributed by atoms with E-state index in [9.17, 15) is 14.0 Å². The topological polar surface area (TPSA) is 89.7 Å². The third-order valence-corrected chi connectivity index (χ3v) is 7.98. The van der Waals surface area contributed by atoms with Crippen LogP contribution in [-0.4, -0.2) is 66.8 Å². The van der Waals surface area contributed by atoms with E-state index in [1.807, 2.05) is 23.1 Å². The molecule has 0 unspecified atom stereocenters. The molecule has 4 aromatic rings. The fourth-order valence-corrected chi connectivity index (χ4v) is 5.82. The Morgan fingerprint density at radius 2 is 1.97 bits per heavy atom. The number of H-pyrrole nitrogens is 1. The molecule has 2 saturated heterocycles. The Kier molecular flexibility index (Phi) is 6.15. The fourth-order valence-electron chi connectivity index (χ4n) is 5.64. The smallest absolute Gasteiger partial charge is 0.149 e. The van der Waals surface area contributed by atoms with Crippen molar-refractivity contribution < 1.29 is 8.78 Å². The van der Waals surface area contributed by atoms with Gasteiger partial charge in [0.05, 0.1) is 29.4 Å². The zero-order chi connectivity index (χ0) is 25.6. The Hall–Kier alpha value is -3.39. The molecule has 11 heteroatoms. The van der Waals surface area contributed by atoms with E-state index in [0.717, 1.165) is 61.3 Å². The fraction of sp³-hybridized carbons (Fsp3) is 0.385. The molecule has 0 aliphatic carbocycles. The van der Waals surface area contributed by atoms with Crippen LogP contribution in [0.5, 0.6) is 0 Å². The van der Waals surface area contributed by atoms with Gasteiger partial charge in [0.1, 0.15) is 29.1 Å². The first-order valence-corrected chi connectivity index (χ1v) is 12.6. The third-order valence-electron chi connectivity index (χ3n) is 7.69. The number of hydrogen-bond acceptors (Lipinski definition) is 6. The van der Waals surface area contributed by atoms with Crippen molar-refractivity contribution in [1.82, 2.24) is 34.5 Å². The van der Waals surface area contributed by atoms with Gasteiger partial charge in [-0.05, 0) is 44.1 Å². The van der Waals surface area contributed by atoms with Gasteiger partial charge in [0, 0.05) is 54.6 Å². The average Bonchev–Trinajstić information content (AvgIpc) is 3.57. The lowest BCUT2D eigenvalue weighted by Crippen LogP contribution is -2.66. The predicted molar refractivity (Wildman–Crippen MR) is 135 cm³/mol. The lowest BCUT2D eigenvalue weighted by molar-refractivity contribution is -0.0437. The van der Waals surface area contributed by atoms with Crippen LogP contribution in [0, 0.1) is 23.0 Å². The minimum atomic E-state index is -0.675. The minimum absolute atomic E-state index is 0.0259. The molecule has 2 aliphatic heterocycles. The summed E-state index contributed by atoms with van der Waals surface area (Å²) < 4.78 is 30.4. The van der Waals surface area contributed by atoms with Gasteiger partial charge in [0.15, 0.2) is 0 Å². The van der Waals surface area contributed by atoms with Gasteiger partial charge < -0.3 is 4.98 Å². The molecule has 0 atom stereocenters. The highest BCUT2D eigenvalue weighted by Gasteiger charge is 2.48. The maximum absolute atomic E-state index is 14.3. The van der Waals surface area contributed by atoms with Crippen LogP contribution in [0.25, 0.3) is 22.3 Å². The molecule has 1 N–H and O–H groups in total. The van der Waals surface area contributed by atoms with E-state index in [0.29, 0.717) is 12.5 Å². The number of piperidine rings is 1. The van der Waals surface area contributed by atoms with Crippen molar-refractivity contribution in [3.63, 3.8) is 0 Å². The summed E-state index contributed by atoms with van der Waals surface area (Å²) in [5.74, 6) is -1.24. The van der Waals surface area contributed by atoms with Crippen LogP contribution in [0.1, 0.15) is 24.8 Å². The monoisotopic (exact) mass is 522 g/mol. The van der Waals surface area contributed by atoms with Crippen LogP contribution in [0.3, 0.4) is 0 Å². The zero-order valence-corrected chi connectivity index (χ0v) is 20.8. The van der Waals surface area contributed by atoms with Gasteiger partial charge in [-0.2, -0.15) is 10.4 Å². The molecule has 5 heterocycles. The summed E-state index contributed by atoms with van der Waals surface area (Å²) in [6.45, 7) is 3.14. The van der Waals surface area contributed by atoms with E-state index in [1.165, 1.54) is 18.5 Å². The predicted octanol–water partition coefficient (Wildman–Crippen LogP) is 4.34. The molecule has 190 valence electrons. The number of benzene rings is 1. The van der Waals surface area contributed by atoms with Gasteiger partial charge in [-0.15, -0.1) is 0 Å². The summed E-state index contributed by atoms with van der Waals surface area (Å²) in [5, 5.41) is 15.1. The summed E-state index contributed by atoms with van der Waals surface area (Å²) >= 11 is 5.85. The second kappa shape index (κ2) is 9.49. The van der Waals surface area contributed by atoms with Gasteiger partial charge in [-0.25, -0.2) is 18.7 Å². The molecule has 3 aromatic heterocycles. The van der Waals surface area contributed by atoms with E-state index in [1.54, 1.807) is 6.20 Å². The minimum Gasteiger partial charge on any atom is -0.346 e. The Morgan fingerprint density at radius 3 is 2.76 bits per heavy atom. The standard InChI is InChI=1S/C26H25ClF2N8/c27-21-1-2-22(28)20(23(21)29)13-35-9-4-18(5-10-35)36-14-26(15-36,6-7-30)37-12-17(11-34-37)24-19-3-8-31-25(19)33-16-32-24/h1-3,8,11-12,16,18H,4-6,9-10,13-15H2,(H,31,32,33). The Balaban J connectivity index is 1.11. The first kappa shape index (κ1) is 24.0. The van der Waals surface area contributed by atoms with Gasteiger partial charge in [0.2, 0.25) is 0 Å². The van der Waals surface area contributed by atoms with Crippen molar-refractivity contribution in [1.29, 1.82) is 5.26 Å². The highest BCUT2D eigenvalue weighted by atomic mass is 35.5. The van der Waals surface area contributed by atoms with E-state index in [-0.39, 0.29) is 22.7 Å². The summed E-state index contributed by atoms with van der Waals surface area (Å²) in [4.78, 5) is 16.3. The largest absolute Gasteiger partial charge is 0.346 e. The van der Waals surface area contributed by atoms with Crippen LogP contribution in [0.2, 0.25) is 5.02 Å². The number of halogens is 3. The van der Waals surface area contributed by atoms with Gasteiger partial charge in [-0.1, -0.05) is 11.6 Å². The molecule has 6 rings (SSSR count). The lowest BCUT2D eigenvalue weighted by Gasteiger charge is -2.53. The van der Waals surface area contributed by atoms with E-state index < -0.39 is 11.6 Å². The number of fused-ring (bicyclic) bond motifs is 1. The number of aromatic nitrogens is 5. The summed E-state index contributed by atoms with van der Waals surface area (Å²) in [6.07, 6.45) is 9.28. The number of hydrogen-bond donors (Lipinski definition) is 1. The molecule has 0 amide bonds. The molecule has 0 saturated carbocycles. The Labute approximate surface area is 217 Å². The maximum Gasteiger partial charge on any atom is 0.149 e. The van der Waals surface area contributed by atoms with Crippen LogP contribution < -0.4 is 0 Å². The zero-order valence-electron chi connectivity index (χ0n) is 20.0. The van der Waals surface area contributed by atoms with Crippen LogP contribution in [0.15, 0.2) is 43.1 Å². The van der Waals surface area contributed by atoms with Crippen molar-refractivity contribution in [2.45, 2.75) is 37.4 Å². The van der Waals surface area contributed by atoms with E-state index in [2.05, 4.69) is 35.9 Å². The second-order valence-electron chi connectivity index (χ2n) is 9.93. The van der Waals surface area contributed by atoms with Gasteiger partial charge in [-0.3, -0.25) is 14.5 Å². The molecule has 2 fully saturated rings. The van der Waals surface area contributed by atoms with Crippen LogP contribution >= 0.6 is 11.6 Å². The van der Waals surface area contributed by atoms with Crippen molar-refractivity contribution >= 4 is 22.6 Å². The van der Waals surface area contributed by atoms with Gasteiger partial charge in [0.25, 0.3) is 0 Å². The number of nitrogens with zero attached hydrogens (tertiary/aromatic N) is 7. The number of likely N-dealkylation sites (tertiary alicyclic amines) is 2.